The summed E-state index contributed by atoms with van der Waals surface area (Å²) in [6, 6.07) is 3.11. The van der Waals surface area contributed by atoms with Crippen LogP contribution < -0.4 is 10.6 Å². The molecule has 1 aliphatic rings. The number of aromatic nitrogens is 1. The second-order valence-electron chi connectivity index (χ2n) is 3.98. The highest BCUT2D eigenvalue weighted by molar-refractivity contribution is 6.29. The lowest BCUT2D eigenvalue weighted by atomic mass is 10.1. The number of nitrogens with zero attached hydrogens (tertiary/aromatic N) is 2. The number of pyridine rings is 1. The molecule has 0 radical (unpaired) electrons. The molecule has 1 saturated heterocycles. The summed E-state index contributed by atoms with van der Waals surface area (Å²) in [5.41, 5.74) is 6.10. The summed E-state index contributed by atoms with van der Waals surface area (Å²) in [6.45, 7) is 0.211. The second-order valence-corrected chi connectivity index (χ2v) is 4.36. The number of esters is 1. The van der Waals surface area contributed by atoms with Crippen LogP contribution in [-0.2, 0) is 14.3 Å². The average molecular weight is 270 g/mol. The van der Waals surface area contributed by atoms with E-state index in [2.05, 4.69) is 9.72 Å². The number of nitrogens with two attached hydrogens (primary N) is 1. The van der Waals surface area contributed by atoms with Gasteiger partial charge in [0.05, 0.1) is 18.7 Å². The highest BCUT2D eigenvalue weighted by Crippen LogP contribution is 2.29. The lowest BCUT2D eigenvalue weighted by Crippen LogP contribution is -2.27. The third-order valence-corrected chi connectivity index (χ3v) is 3.00. The maximum Gasteiger partial charge on any atom is 0.311 e. The van der Waals surface area contributed by atoms with Gasteiger partial charge in [0.25, 0.3) is 0 Å². The second kappa shape index (κ2) is 4.81. The number of halogens is 1. The Bertz CT molecular complexity index is 506. The standard InChI is InChI=1S/C11H12ClN3O3/c1-18-11(17)6-4-9(16)15(5-6)10-7(13)2-3-8(12)14-10/h2-3,6H,4-5,13H2,1H3. The molecule has 0 bridgehead atoms. The Labute approximate surface area is 109 Å². The highest BCUT2D eigenvalue weighted by atomic mass is 35.5. The third kappa shape index (κ3) is 2.24. The third-order valence-electron chi connectivity index (χ3n) is 2.79. The molecule has 0 aromatic carbocycles. The van der Waals surface area contributed by atoms with Crippen molar-refractivity contribution < 1.29 is 14.3 Å². The van der Waals surface area contributed by atoms with Crippen molar-refractivity contribution in [2.75, 3.05) is 24.3 Å². The fraction of sp³-hybridized carbons (Fsp3) is 0.364. The Hall–Kier alpha value is -1.82. The number of ether oxygens (including phenoxy) is 1. The number of carbonyl (C=O) groups is 2. The van der Waals surface area contributed by atoms with Gasteiger partial charge in [0.1, 0.15) is 5.15 Å². The predicted molar refractivity (Wildman–Crippen MR) is 66.1 cm³/mol. The van der Waals surface area contributed by atoms with E-state index in [-0.39, 0.29) is 24.0 Å². The molecule has 2 N–H and O–H groups in total. The molecule has 1 fully saturated rings. The van der Waals surface area contributed by atoms with Gasteiger partial charge in [-0.3, -0.25) is 14.5 Å². The summed E-state index contributed by atoms with van der Waals surface area (Å²) < 4.78 is 4.63. The molecule has 1 amide bonds. The molecule has 96 valence electrons. The molecule has 0 saturated carbocycles. The van der Waals surface area contributed by atoms with E-state index in [1.807, 2.05) is 0 Å². The molecule has 0 aliphatic carbocycles. The SMILES string of the molecule is COC(=O)C1CC(=O)N(c2nc(Cl)ccc2N)C1. The fourth-order valence-electron chi connectivity index (χ4n) is 1.89. The molecule has 1 aromatic heterocycles. The minimum atomic E-state index is -0.484. The molecule has 2 heterocycles. The Morgan fingerprint density at radius 2 is 2.33 bits per heavy atom. The number of anilines is 2. The van der Waals surface area contributed by atoms with E-state index in [0.717, 1.165) is 0 Å². The van der Waals surface area contributed by atoms with Crippen molar-refractivity contribution in [2.45, 2.75) is 6.42 Å². The van der Waals surface area contributed by atoms with E-state index in [4.69, 9.17) is 17.3 Å². The van der Waals surface area contributed by atoms with Crippen LogP contribution in [-0.4, -0.2) is 30.5 Å². The van der Waals surface area contributed by atoms with Crippen molar-refractivity contribution in [1.82, 2.24) is 4.98 Å². The highest BCUT2D eigenvalue weighted by Gasteiger charge is 2.37. The molecule has 6 nitrogen and oxygen atoms in total. The van der Waals surface area contributed by atoms with Crippen LogP contribution in [0.25, 0.3) is 0 Å². The maximum absolute atomic E-state index is 11.8. The summed E-state index contributed by atoms with van der Waals surface area (Å²) in [5, 5.41) is 0.244. The Balaban J connectivity index is 2.27. The van der Waals surface area contributed by atoms with Crippen LogP contribution in [0.4, 0.5) is 11.5 Å². The molecule has 1 unspecified atom stereocenters. The van der Waals surface area contributed by atoms with Crippen LogP contribution in [0, 0.1) is 5.92 Å². The monoisotopic (exact) mass is 269 g/mol. The largest absolute Gasteiger partial charge is 0.469 e. The van der Waals surface area contributed by atoms with Gasteiger partial charge in [0, 0.05) is 13.0 Å². The van der Waals surface area contributed by atoms with Gasteiger partial charge in [-0.1, -0.05) is 11.6 Å². The van der Waals surface area contributed by atoms with Gasteiger partial charge in [-0.2, -0.15) is 0 Å². The van der Waals surface area contributed by atoms with Crippen LogP contribution in [0.15, 0.2) is 12.1 Å². The van der Waals surface area contributed by atoms with Gasteiger partial charge < -0.3 is 10.5 Å². The first-order chi connectivity index (χ1) is 8.52. The van der Waals surface area contributed by atoms with Crippen LogP contribution in [0.3, 0.4) is 0 Å². The number of hydrogen-bond donors (Lipinski definition) is 1. The first kappa shape index (κ1) is 12.6. The van der Waals surface area contributed by atoms with Gasteiger partial charge in [-0.25, -0.2) is 4.98 Å². The minimum Gasteiger partial charge on any atom is -0.469 e. The molecular weight excluding hydrogens is 258 g/mol. The van der Waals surface area contributed by atoms with Crippen molar-refractivity contribution >= 4 is 35.0 Å². The smallest absolute Gasteiger partial charge is 0.311 e. The number of hydrogen-bond acceptors (Lipinski definition) is 5. The van der Waals surface area contributed by atoms with Crippen LogP contribution in [0.2, 0.25) is 5.15 Å². The van der Waals surface area contributed by atoms with Gasteiger partial charge in [-0.05, 0) is 12.1 Å². The van der Waals surface area contributed by atoms with E-state index in [9.17, 15) is 9.59 Å². The predicted octanol–water partition coefficient (Wildman–Crippen LogP) is 0.843. The molecule has 2 rings (SSSR count). The maximum atomic E-state index is 11.8. The number of methoxy groups -OCH3 is 1. The molecule has 1 aliphatic heterocycles. The average Bonchev–Trinajstić information content (AvgIpc) is 2.73. The minimum absolute atomic E-state index is 0.0975. The number of amides is 1. The summed E-state index contributed by atoms with van der Waals surface area (Å²) in [5.74, 6) is -0.820. The summed E-state index contributed by atoms with van der Waals surface area (Å²) >= 11 is 5.77. The Morgan fingerprint density at radius 1 is 1.61 bits per heavy atom. The van der Waals surface area contributed by atoms with E-state index in [1.165, 1.54) is 12.0 Å². The summed E-state index contributed by atoms with van der Waals surface area (Å²) in [7, 11) is 1.29. The molecule has 18 heavy (non-hydrogen) atoms. The lowest BCUT2D eigenvalue weighted by molar-refractivity contribution is -0.145. The fourth-order valence-corrected chi connectivity index (χ4v) is 2.03. The van der Waals surface area contributed by atoms with E-state index >= 15 is 0 Å². The van der Waals surface area contributed by atoms with E-state index < -0.39 is 11.9 Å². The van der Waals surface area contributed by atoms with Crippen molar-refractivity contribution in [2.24, 2.45) is 5.92 Å². The summed E-state index contributed by atoms with van der Waals surface area (Å²) in [4.78, 5) is 28.6. The quantitative estimate of drug-likeness (QED) is 0.635. The van der Waals surface area contributed by atoms with Crippen LogP contribution in [0.1, 0.15) is 6.42 Å². The zero-order valence-electron chi connectivity index (χ0n) is 9.72. The first-order valence-electron chi connectivity index (χ1n) is 5.33. The molecule has 1 aromatic rings. The van der Waals surface area contributed by atoms with Gasteiger partial charge in [0.2, 0.25) is 5.91 Å². The lowest BCUT2D eigenvalue weighted by Gasteiger charge is -2.17. The number of carbonyl (C=O) groups excluding carboxylic acids is 2. The van der Waals surface area contributed by atoms with Crippen molar-refractivity contribution in [3.63, 3.8) is 0 Å². The normalized spacial score (nSPS) is 19.1. The Kier molecular flexibility index (Phi) is 3.38. The van der Waals surface area contributed by atoms with Gasteiger partial charge in [-0.15, -0.1) is 0 Å². The Morgan fingerprint density at radius 3 is 3.00 bits per heavy atom. The van der Waals surface area contributed by atoms with Crippen molar-refractivity contribution in [3.05, 3.63) is 17.3 Å². The van der Waals surface area contributed by atoms with Gasteiger partial charge in [0.15, 0.2) is 5.82 Å². The zero-order chi connectivity index (χ0) is 13.3. The summed E-state index contributed by atoms with van der Waals surface area (Å²) in [6.07, 6.45) is 0.0975. The van der Waals surface area contributed by atoms with Crippen molar-refractivity contribution in [1.29, 1.82) is 0 Å². The number of nitrogen functional groups attached to an aromatic ring is 1. The molecule has 1 atom stereocenters. The number of rotatable bonds is 2. The van der Waals surface area contributed by atoms with E-state index in [0.29, 0.717) is 11.5 Å². The van der Waals surface area contributed by atoms with Crippen LogP contribution in [0.5, 0.6) is 0 Å². The van der Waals surface area contributed by atoms with E-state index in [1.54, 1.807) is 12.1 Å². The first-order valence-corrected chi connectivity index (χ1v) is 5.71. The zero-order valence-corrected chi connectivity index (χ0v) is 10.5. The van der Waals surface area contributed by atoms with Crippen molar-refractivity contribution in [3.8, 4) is 0 Å². The molecule has 0 spiro atoms. The molecule has 7 heteroatoms. The van der Waals surface area contributed by atoms with Gasteiger partial charge >= 0.3 is 5.97 Å². The van der Waals surface area contributed by atoms with Crippen LogP contribution >= 0.6 is 11.6 Å². The topological polar surface area (TPSA) is 85.5 Å². The molecular formula is C11H12ClN3O3.